The van der Waals surface area contributed by atoms with Crippen molar-refractivity contribution >= 4 is 17.1 Å². The molecule has 0 aliphatic heterocycles. The molecule has 0 radical (unpaired) electrons. The van der Waals surface area contributed by atoms with E-state index in [9.17, 15) is 4.57 Å². The average molecular weight is 172 g/mol. The van der Waals surface area contributed by atoms with E-state index in [4.69, 9.17) is 9.79 Å². The average Bonchev–Trinajstić information content (AvgIpc) is 1.63. The molecule has 9 heavy (non-hydrogen) atoms. The minimum absolute atomic E-state index is 0.119. The van der Waals surface area contributed by atoms with Crippen molar-refractivity contribution in [3.05, 3.63) is 0 Å². The predicted molar refractivity (Wildman–Crippen MR) is 37.2 cm³/mol. The van der Waals surface area contributed by atoms with Gasteiger partial charge in [-0.15, -0.1) is 9.24 Å². The fourth-order valence-corrected chi connectivity index (χ4v) is 0.800. The Morgan fingerprint density at radius 1 is 1.56 bits per heavy atom. The molecule has 0 aliphatic carbocycles. The van der Waals surface area contributed by atoms with E-state index >= 15 is 0 Å². The first kappa shape index (κ1) is 9.54. The van der Waals surface area contributed by atoms with Crippen LogP contribution in [0.15, 0.2) is 0 Å². The van der Waals surface area contributed by atoms with Crippen LogP contribution in [0.2, 0.25) is 0 Å². The molecule has 2 N–H and O–H groups in total. The molecule has 0 heterocycles. The third-order valence-corrected chi connectivity index (χ3v) is 1.54. The van der Waals surface area contributed by atoms with Crippen LogP contribution in [0.3, 0.4) is 0 Å². The Labute approximate surface area is 56.1 Å². The quantitative estimate of drug-likeness (QED) is 0.474. The topological polar surface area (TPSA) is 66.8 Å². The van der Waals surface area contributed by atoms with Crippen LogP contribution >= 0.6 is 17.1 Å². The number of phosphoric acid groups is 1. The fourth-order valence-electron chi connectivity index (χ4n) is 0.267. The van der Waals surface area contributed by atoms with Crippen molar-refractivity contribution in [1.29, 1.82) is 0 Å². The smallest absolute Gasteiger partial charge is 0.303 e. The largest absolute Gasteiger partial charge is 0.469 e. The highest BCUT2D eigenvalue weighted by Gasteiger charge is 2.11. The van der Waals surface area contributed by atoms with Crippen LogP contribution in [0.1, 0.15) is 6.42 Å². The number of hydrogen-bond donors (Lipinski definition) is 2. The van der Waals surface area contributed by atoms with E-state index in [0.717, 1.165) is 6.16 Å². The molecule has 0 spiro atoms. The molecule has 0 rings (SSSR count). The van der Waals surface area contributed by atoms with Gasteiger partial charge in [0.15, 0.2) is 0 Å². The molecule has 56 valence electrons. The zero-order chi connectivity index (χ0) is 7.33. The second-order valence-corrected chi connectivity index (χ2v) is 3.28. The Balaban J connectivity index is 3.18. The van der Waals surface area contributed by atoms with Gasteiger partial charge in [0.05, 0.1) is 6.61 Å². The highest BCUT2D eigenvalue weighted by Crippen LogP contribution is 2.35. The molecule has 0 amide bonds. The third kappa shape index (κ3) is 8.54. The number of rotatable bonds is 4. The summed E-state index contributed by atoms with van der Waals surface area (Å²) in [5.41, 5.74) is 0. The van der Waals surface area contributed by atoms with Gasteiger partial charge in [-0.1, -0.05) is 0 Å². The van der Waals surface area contributed by atoms with Gasteiger partial charge >= 0.3 is 7.82 Å². The van der Waals surface area contributed by atoms with Gasteiger partial charge in [0.2, 0.25) is 0 Å². The molecule has 0 aromatic heterocycles. The van der Waals surface area contributed by atoms with Gasteiger partial charge < -0.3 is 9.79 Å². The summed E-state index contributed by atoms with van der Waals surface area (Å²) in [5, 5.41) is 0. The van der Waals surface area contributed by atoms with Crippen LogP contribution in [0.4, 0.5) is 0 Å². The molecule has 0 bridgehead atoms. The summed E-state index contributed by atoms with van der Waals surface area (Å²) in [4.78, 5) is 16.3. The van der Waals surface area contributed by atoms with Gasteiger partial charge in [0.25, 0.3) is 0 Å². The zero-order valence-corrected chi connectivity index (χ0v) is 6.91. The van der Waals surface area contributed by atoms with Crippen molar-refractivity contribution in [2.75, 3.05) is 12.8 Å². The molecule has 4 nitrogen and oxygen atoms in total. The minimum Gasteiger partial charge on any atom is -0.303 e. The summed E-state index contributed by atoms with van der Waals surface area (Å²) >= 11 is 0. The van der Waals surface area contributed by atoms with Crippen LogP contribution in [0.5, 0.6) is 0 Å². The van der Waals surface area contributed by atoms with E-state index in [0.29, 0.717) is 6.42 Å². The van der Waals surface area contributed by atoms with Crippen molar-refractivity contribution < 1.29 is 18.9 Å². The van der Waals surface area contributed by atoms with Crippen LogP contribution in [0, 0.1) is 0 Å². The first-order valence-electron chi connectivity index (χ1n) is 2.46. The monoisotopic (exact) mass is 172 g/mol. The second kappa shape index (κ2) is 4.37. The lowest BCUT2D eigenvalue weighted by Crippen LogP contribution is -1.91. The molecule has 0 aromatic carbocycles. The summed E-state index contributed by atoms with van der Waals surface area (Å²) in [6, 6.07) is 0. The van der Waals surface area contributed by atoms with Crippen molar-refractivity contribution in [2.24, 2.45) is 0 Å². The molecular weight excluding hydrogens is 162 g/mol. The van der Waals surface area contributed by atoms with E-state index in [2.05, 4.69) is 13.8 Å². The number of hydrogen-bond acceptors (Lipinski definition) is 2. The number of phosphoric ester groups is 1. The Hall–Kier alpha value is 0.540. The van der Waals surface area contributed by atoms with Crippen LogP contribution < -0.4 is 0 Å². The van der Waals surface area contributed by atoms with E-state index in [-0.39, 0.29) is 6.61 Å². The molecule has 0 aliphatic rings. The molecule has 6 heteroatoms. The second-order valence-electron chi connectivity index (χ2n) is 1.47. The summed E-state index contributed by atoms with van der Waals surface area (Å²) in [6.45, 7) is 0.119. The van der Waals surface area contributed by atoms with Crippen molar-refractivity contribution in [2.45, 2.75) is 6.42 Å². The van der Waals surface area contributed by atoms with Gasteiger partial charge in [-0.3, -0.25) is 4.52 Å². The standard InChI is InChI=1S/C3H10O4P2/c4-9(5,6)7-2-1-3-8/h1-3,8H2,(H2,4,5,6). The van der Waals surface area contributed by atoms with E-state index in [1.165, 1.54) is 0 Å². The van der Waals surface area contributed by atoms with E-state index in [1.807, 2.05) is 0 Å². The van der Waals surface area contributed by atoms with Gasteiger partial charge in [0.1, 0.15) is 0 Å². The maximum absolute atomic E-state index is 9.97. The lowest BCUT2D eigenvalue weighted by molar-refractivity contribution is 0.198. The molecule has 0 fully saturated rings. The third-order valence-electron chi connectivity index (χ3n) is 0.608. The molecule has 1 atom stereocenters. The normalized spacial score (nSPS) is 11.9. The van der Waals surface area contributed by atoms with Crippen LogP contribution in [-0.4, -0.2) is 22.6 Å². The fraction of sp³-hybridized carbons (Fsp3) is 1.00. The highest BCUT2D eigenvalue weighted by molar-refractivity contribution is 7.46. The minimum atomic E-state index is -4.20. The molecule has 1 unspecified atom stereocenters. The summed E-state index contributed by atoms with van der Waals surface area (Å²) in [7, 11) is -1.77. The van der Waals surface area contributed by atoms with Crippen molar-refractivity contribution in [3.8, 4) is 0 Å². The van der Waals surface area contributed by atoms with Gasteiger partial charge in [0, 0.05) is 0 Å². The van der Waals surface area contributed by atoms with E-state index < -0.39 is 7.82 Å². The molecule has 0 saturated heterocycles. The molecule has 0 saturated carbocycles. The first-order valence-corrected chi connectivity index (χ1v) is 4.81. The maximum Gasteiger partial charge on any atom is 0.469 e. The van der Waals surface area contributed by atoms with Crippen molar-refractivity contribution in [1.82, 2.24) is 0 Å². The Morgan fingerprint density at radius 3 is 2.44 bits per heavy atom. The zero-order valence-electron chi connectivity index (χ0n) is 4.86. The lowest BCUT2D eigenvalue weighted by atomic mass is 10.5. The Kier molecular flexibility index (Phi) is 4.63. The van der Waals surface area contributed by atoms with Crippen LogP contribution in [0.25, 0.3) is 0 Å². The van der Waals surface area contributed by atoms with Gasteiger partial charge in [-0.25, -0.2) is 4.57 Å². The molecular formula is C3H10O4P2. The van der Waals surface area contributed by atoms with Crippen molar-refractivity contribution in [3.63, 3.8) is 0 Å². The van der Waals surface area contributed by atoms with Gasteiger partial charge in [-0.2, -0.15) is 0 Å². The van der Waals surface area contributed by atoms with Crippen LogP contribution in [-0.2, 0) is 9.09 Å². The summed E-state index contributed by atoms with van der Waals surface area (Å²) in [5.74, 6) is 0. The van der Waals surface area contributed by atoms with E-state index in [1.54, 1.807) is 0 Å². The lowest BCUT2D eigenvalue weighted by Gasteiger charge is -2.01. The SMILES string of the molecule is O=P(O)(O)OCCCP. The predicted octanol–water partition coefficient (Wildman–Crippen LogP) is 0.361. The molecule has 0 aromatic rings. The first-order chi connectivity index (χ1) is 4.06. The summed E-state index contributed by atoms with van der Waals surface area (Å²) < 4.78 is 14.1. The highest BCUT2D eigenvalue weighted by atomic mass is 31.2. The Bertz CT molecular complexity index is 108. The Morgan fingerprint density at radius 2 is 2.11 bits per heavy atom. The summed E-state index contributed by atoms with van der Waals surface area (Å²) in [6.07, 6.45) is 1.44. The maximum atomic E-state index is 9.97. The van der Waals surface area contributed by atoms with Gasteiger partial charge in [-0.05, 0) is 12.6 Å².